The van der Waals surface area contributed by atoms with Gasteiger partial charge in [0.05, 0.1) is 17.9 Å². The van der Waals surface area contributed by atoms with Gasteiger partial charge < -0.3 is 15.9 Å². The third kappa shape index (κ3) is 4.56. The molecule has 0 aromatic carbocycles. The Kier molecular flexibility index (Phi) is 6.05. The van der Waals surface area contributed by atoms with Crippen LogP contribution in [0.25, 0.3) is 0 Å². The molecule has 0 aromatic heterocycles. The molecule has 1 saturated heterocycles. The van der Waals surface area contributed by atoms with Gasteiger partial charge in [-0.25, -0.2) is 8.78 Å². The molecule has 0 radical (unpaired) electrons. The SMILES string of the molecule is CCCN1CCCC2(C1)ON=C(C(N)=O)C2[C@H](CC(C)(F)F)C(=O)NC1(C#N)CC1. The Morgan fingerprint density at radius 1 is 1.47 bits per heavy atom. The number of halogens is 2. The van der Waals surface area contributed by atoms with Crippen LogP contribution in [0.4, 0.5) is 8.78 Å². The molecule has 166 valence electrons. The molecule has 1 aliphatic carbocycles. The zero-order valence-corrected chi connectivity index (χ0v) is 17.4. The van der Waals surface area contributed by atoms with E-state index in [1.807, 2.05) is 13.0 Å². The van der Waals surface area contributed by atoms with E-state index in [2.05, 4.69) is 15.4 Å². The van der Waals surface area contributed by atoms with Gasteiger partial charge in [-0.3, -0.25) is 14.5 Å². The van der Waals surface area contributed by atoms with E-state index >= 15 is 0 Å². The molecule has 10 heteroatoms. The normalized spacial score (nSPS) is 28.9. The minimum Gasteiger partial charge on any atom is -0.387 e. The van der Waals surface area contributed by atoms with E-state index in [1.165, 1.54) is 0 Å². The predicted molar refractivity (Wildman–Crippen MR) is 104 cm³/mol. The summed E-state index contributed by atoms with van der Waals surface area (Å²) in [6, 6.07) is 2.04. The van der Waals surface area contributed by atoms with Crippen molar-refractivity contribution in [2.45, 2.75) is 69.4 Å². The van der Waals surface area contributed by atoms with Crippen LogP contribution in [0, 0.1) is 23.2 Å². The van der Waals surface area contributed by atoms with Crippen LogP contribution < -0.4 is 11.1 Å². The molecule has 2 heterocycles. The predicted octanol–water partition coefficient (Wildman–Crippen LogP) is 1.55. The fourth-order valence-corrected chi connectivity index (χ4v) is 4.70. The Bertz CT molecular complexity index is 769. The molecule has 3 rings (SSSR count). The van der Waals surface area contributed by atoms with Gasteiger partial charge in [0.15, 0.2) is 11.3 Å². The first kappa shape index (κ1) is 22.4. The van der Waals surface area contributed by atoms with Crippen LogP contribution in [0.2, 0.25) is 0 Å². The number of nitrogens with zero attached hydrogens (tertiary/aromatic N) is 3. The quantitative estimate of drug-likeness (QED) is 0.611. The average Bonchev–Trinajstić information content (AvgIpc) is 3.34. The van der Waals surface area contributed by atoms with Crippen molar-refractivity contribution in [1.29, 1.82) is 5.26 Å². The summed E-state index contributed by atoms with van der Waals surface area (Å²) >= 11 is 0. The lowest BCUT2D eigenvalue weighted by Gasteiger charge is -2.44. The molecule has 2 fully saturated rings. The van der Waals surface area contributed by atoms with Crippen LogP contribution >= 0.6 is 0 Å². The number of oxime groups is 1. The topological polar surface area (TPSA) is 121 Å². The molecule has 8 nitrogen and oxygen atoms in total. The molecule has 2 unspecified atom stereocenters. The molecule has 1 saturated carbocycles. The van der Waals surface area contributed by atoms with Gasteiger partial charge in [0.25, 0.3) is 5.91 Å². The molecule has 3 atom stereocenters. The Labute approximate surface area is 174 Å². The van der Waals surface area contributed by atoms with Crippen molar-refractivity contribution in [3.8, 4) is 6.07 Å². The molecular weight excluding hydrogens is 396 g/mol. The number of amides is 2. The number of carbonyl (C=O) groups excluding carboxylic acids is 2. The summed E-state index contributed by atoms with van der Waals surface area (Å²) in [5, 5.41) is 15.8. The van der Waals surface area contributed by atoms with E-state index in [4.69, 9.17) is 10.6 Å². The van der Waals surface area contributed by atoms with E-state index in [0.717, 1.165) is 32.9 Å². The molecule has 2 aliphatic heterocycles. The van der Waals surface area contributed by atoms with Gasteiger partial charge in [-0.15, -0.1) is 0 Å². The summed E-state index contributed by atoms with van der Waals surface area (Å²) in [4.78, 5) is 33.1. The number of nitrogens with one attached hydrogen (secondary N) is 1. The second-order valence-electron chi connectivity index (χ2n) is 8.92. The van der Waals surface area contributed by atoms with Crippen LogP contribution in [-0.2, 0) is 14.4 Å². The third-order valence-electron chi connectivity index (χ3n) is 6.19. The van der Waals surface area contributed by atoms with Crippen LogP contribution in [0.15, 0.2) is 5.16 Å². The fraction of sp³-hybridized carbons (Fsp3) is 0.800. The molecule has 3 aliphatic rings. The molecule has 2 amide bonds. The van der Waals surface area contributed by atoms with E-state index in [1.54, 1.807) is 0 Å². The number of hydrogen-bond donors (Lipinski definition) is 2. The maximum atomic E-state index is 14.1. The van der Waals surface area contributed by atoms with Gasteiger partial charge >= 0.3 is 0 Å². The van der Waals surface area contributed by atoms with Gasteiger partial charge in [-0.1, -0.05) is 12.1 Å². The summed E-state index contributed by atoms with van der Waals surface area (Å²) in [6.07, 6.45) is 2.23. The summed E-state index contributed by atoms with van der Waals surface area (Å²) in [6.45, 7) is 4.73. The van der Waals surface area contributed by atoms with E-state index in [0.29, 0.717) is 25.8 Å². The summed E-state index contributed by atoms with van der Waals surface area (Å²) in [5.41, 5.74) is 3.23. The van der Waals surface area contributed by atoms with Gasteiger partial charge in [-0.05, 0) is 52.1 Å². The van der Waals surface area contributed by atoms with Crippen molar-refractivity contribution >= 4 is 17.5 Å². The number of primary amides is 1. The fourth-order valence-electron chi connectivity index (χ4n) is 4.70. The van der Waals surface area contributed by atoms with E-state index < -0.39 is 47.1 Å². The summed E-state index contributed by atoms with van der Waals surface area (Å²) < 4.78 is 28.3. The Balaban J connectivity index is 1.97. The number of piperidine rings is 1. The van der Waals surface area contributed by atoms with Crippen molar-refractivity contribution in [1.82, 2.24) is 10.2 Å². The minimum absolute atomic E-state index is 0.181. The van der Waals surface area contributed by atoms with Crippen LogP contribution in [0.5, 0.6) is 0 Å². The van der Waals surface area contributed by atoms with Crippen molar-refractivity contribution in [3.63, 3.8) is 0 Å². The maximum Gasteiger partial charge on any atom is 0.266 e. The van der Waals surface area contributed by atoms with Gasteiger partial charge in [0, 0.05) is 13.0 Å². The number of nitriles is 1. The molecular formula is C20H29F2N5O3. The number of carbonyl (C=O) groups is 2. The first-order valence-electron chi connectivity index (χ1n) is 10.4. The summed E-state index contributed by atoms with van der Waals surface area (Å²) in [7, 11) is 0. The summed E-state index contributed by atoms with van der Waals surface area (Å²) in [5.74, 6) is -7.05. The van der Waals surface area contributed by atoms with E-state index in [-0.39, 0.29) is 5.71 Å². The number of rotatable bonds is 8. The zero-order chi connectivity index (χ0) is 22.2. The first-order valence-corrected chi connectivity index (χ1v) is 10.4. The lowest BCUT2D eigenvalue weighted by atomic mass is 9.69. The third-order valence-corrected chi connectivity index (χ3v) is 6.19. The molecule has 1 spiro atoms. The number of nitrogens with two attached hydrogens (primary N) is 1. The highest BCUT2D eigenvalue weighted by molar-refractivity contribution is 6.40. The van der Waals surface area contributed by atoms with E-state index in [9.17, 15) is 23.6 Å². The lowest BCUT2D eigenvalue weighted by molar-refractivity contribution is -0.141. The minimum atomic E-state index is -3.17. The zero-order valence-electron chi connectivity index (χ0n) is 17.4. The van der Waals surface area contributed by atoms with Crippen LogP contribution in [0.1, 0.15) is 52.4 Å². The molecule has 3 N–H and O–H groups in total. The lowest BCUT2D eigenvalue weighted by Crippen LogP contribution is -2.59. The first-order chi connectivity index (χ1) is 14.0. The van der Waals surface area contributed by atoms with Crippen molar-refractivity contribution in [2.75, 3.05) is 19.6 Å². The van der Waals surface area contributed by atoms with Gasteiger partial charge in [-0.2, -0.15) is 5.26 Å². The average molecular weight is 425 g/mol. The highest BCUT2D eigenvalue weighted by Gasteiger charge is 2.59. The number of hydrogen-bond acceptors (Lipinski definition) is 6. The number of likely N-dealkylation sites (tertiary alicyclic amines) is 1. The van der Waals surface area contributed by atoms with Gasteiger partial charge in [0.1, 0.15) is 5.54 Å². The monoisotopic (exact) mass is 425 g/mol. The van der Waals surface area contributed by atoms with Crippen molar-refractivity contribution < 1.29 is 23.2 Å². The second kappa shape index (κ2) is 8.10. The highest BCUT2D eigenvalue weighted by atomic mass is 19.3. The Hall–Kier alpha value is -2.28. The second-order valence-corrected chi connectivity index (χ2v) is 8.92. The maximum absolute atomic E-state index is 14.1. The Morgan fingerprint density at radius 3 is 2.70 bits per heavy atom. The smallest absolute Gasteiger partial charge is 0.266 e. The van der Waals surface area contributed by atoms with Crippen molar-refractivity contribution in [3.05, 3.63) is 0 Å². The largest absolute Gasteiger partial charge is 0.387 e. The molecule has 0 aromatic rings. The van der Waals surface area contributed by atoms with Gasteiger partial charge in [0.2, 0.25) is 11.8 Å². The molecule has 30 heavy (non-hydrogen) atoms. The van der Waals surface area contributed by atoms with Crippen LogP contribution in [0.3, 0.4) is 0 Å². The standard InChI is InChI=1S/C20H29F2N5O3/c1-3-8-27-9-4-5-20(12-27)14(15(16(24)28)26-30-20)13(10-18(2,21)22)17(29)25-19(11-23)6-7-19/h13-14H,3-10,12H2,1-2H3,(H2,24,28)(H,25,29)/t13-,14?,20?/m0/s1. The van der Waals surface area contributed by atoms with Crippen LogP contribution in [-0.4, -0.2) is 59.1 Å². The highest BCUT2D eigenvalue weighted by Crippen LogP contribution is 2.45. The molecule has 0 bridgehead atoms. The Morgan fingerprint density at radius 2 is 2.17 bits per heavy atom. The van der Waals surface area contributed by atoms with Crippen molar-refractivity contribution in [2.24, 2.45) is 22.7 Å². The number of alkyl halides is 2.